The molecule has 0 heterocycles. The van der Waals surface area contributed by atoms with Crippen LogP contribution >= 0.6 is 24.0 Å². The van der Waals surface area contributed by atoms with E-state index in [1.807, 2.05) is 25.1 Å². The topological polar surface area (TPSA) is 75.1 Å². The van der Waals surface area contributed by atoms with Gasteiger partial charge in [0, 0.05) is 13.1 Å². The third kappa shape index (κ3) is 9.32. The lowest BCUT2D eigenvalue weighted by molar-refractivity contribution is 0.0306. The van der Waals surface area contributed by atoms with Gasteiger partial charge in [-0.15, -0.1) is 24.0 Å². The fourth-order valence-electron chi connectivity index (χ4n) is 3.14. The third-order valence-corrected chi connectivity index (χ3v) is 4.46. The fraction of sp³-hybridized carbons (Fsp3) is 0.667. The molecular weight excluding hydrogens is 469 g/mol. The number of aliphatic hydroxyl groups is 1. The summed E-state index contributed by atoms with van der Waals surface area (Å²) in [5.41, 5.74) is 0.444. The number of rotatable bonds is 12. The van der Waals surface area contributed by atoms with Crippen LogP contribution in [-0.2, 0) is 6.42 Å². The molecule has 1 rings (SSSR count). The van der Waals surface area contributed by atoms with Crippen LogP contribution in [0.3, 0.4) is 0 Å². The molecule has 162 valence electrons. The Morgan fingerprint density at radius 1 is 1.04 bits per heavy atom. The van der Waals surface area contributed by atoms with Crippen LogP contribution in [-0.4, -0.2) is 50.5 Å². The first-order valence-electron chi connectivity index (χ1n) is 9.97. The highest BCUT2D eigenvalue weighted by atomic mass is 127. The molecule has 0 saturated carbocycles. The molecule has 0 aliphatic rings. The predicted octanol–water partition coefficient (Wildman–Crippen LogP) is 3.75. The number of methoxy groups -OCH3 is 2. The molecule has 0 spiro atoms. The lowest BCUT2D eigenvalue weighted by Crippen LogP contribution is -2.40. The van der Waals surface area contributed by atoms with Crippen molar-refractivity contribution in [2.75, 3.05) is 33.9 Å². The van der Waals surface area contributed by atoms with Crippen LogP contribution in [0, 0.1) is 0 Å². The van der Waals surface area contributed by atoms with E-state index in [2.05, 4.69) is 29.5 Å². The summed E-state index contributed by atoms with van der Waals surface area (Å²) in [6.07, 6.45) is 4.29. The van der Waals surface area contributed by atoms with Gasteiger partial charge in [-0.1, -0.05) is 32.8 Å². The van der Waals surface area contributed by atoms with Crippen molar-refractivity contribution in [3.05, 3.63) is 23.8 Å². The Balaban J connectivity index is 0.00000729. The second-order valence-corrected chi connectivity index (χ2v) is 6.79. The van der Waals surface area contributed by atoms with Crippen LogP contribution in [0.1, 0.15) is 52.0 Å². The predicted molar refractivity (Wildman–Crippen MR) is 127 cm³/mol. The number of hydrogen-bond donors (Lipinski definition) is 3. The van der Waals surface area contributed by atoms with E-state index in [0.717, 1.165) is 68.2 Å². The first-order chi connectivity index (χ1) is 13.0. The van der Waals surface area contributed by atoms with E-state index >= 15 is 0 Å². The van der Waals surface area contributed by atoms with Gasteiger partial charge in [-0.05, 0) is 43.9 Å². The van der Waals surface area contributed by atoms with Gasteiger partial charge in [0.15, 0.2) is 17.5 Å². The molecule has 0 fully saturated rings. The highest BCUT2D eigenvalue weighted by molar-refractivity contribution is 14.0. The minimum Gasteiger partial charge on any atom is -0.493 e. The van der Waals surface area contributed by atoms with Gasteiger partial charge in [-0.3, -0.25) is 4.99 Å². The van der Waals surface area contributed by atoms with Gasteiger partial charge in [0.2, 0.25) is 0 Å². The lowest BCUT2D eigenvalue weighted by atomic mass is 9.93. The summed E-state index contributed by atoms with van der Waals surface area (Å²) < 4.78 is 10.6. The zero-order valence-electron chi connectivity index (χ0n) is 18.0. The minimum atomic E-state index is -0.713. The molecule has 1 aromatic carbocycles. The van der Waals surface area contributed by atoms with Gasteiger partial charge < -0.3 is 25.2 Å². The van der Waals surface area contributed by atoms with Gasteiger partial charge in [0.05, 0.1) is 26.4 Å². The van der Waals surface area contributed by atoms with Crippen molar-refractivity contribution in [1.29, 1.82) is 0 Å². The van der Waals surface area contributed by atoms with Crippen LogP contribution in [0.2, 0.25) is 0 Å². The highest BCUT2D eigenvalue weighted by Crippen LogP contribution is 2.27. The largest absolute Gasteiger partial charge is 0.493 e. The fourth-order valence-corrected chi connectivity index (χ4v) is 3.14. The quantitative estimate of drug-likeness (QED) is 0.228. The van der Waals surface area contributed by atoms with Crippen LogP contribution in [0.15, 0.2) is 23.2 Å². The normalized spacial score (nSPS) is 11.6. The molecular formula is C21H38IN3O3. The maximum atomic E-state index is 10.8. The Morgan fingerprint density at radius 3 is 2.21 bits per heavy atom. The van der Waals surface area contributed by atoms with Gasteiger partial charge >= 0.3 is 0 Å². The first kappa shape index (κ1) is 26.8. The second kappa shape index (κ2) is 14.7. The molecule has 0 aliphatic carbocycles. The Morgan fingerprint density at radius 2 is 1.68 bits per heavy atom. The molecule has 0 atom stereocenters. The Bertz CT molecular complexity index is 576. The first-order valence-corrected chi connectivity index (χ1v) is 9.97. The molecule has 0 bridgehead atoms. The molecule has 28 heavy (non-hydrogen) atoms. The molecule has 0 radical (unpaired) electrons. The summed E-state index contributed by atoms with van der Waals surface area (Å²) in [6, 6.07) is 5.95. The van der Waals surface area contributed by atoms with E-state index in [-0.39, 0.29) is 24.0 Å². The van der Waals surface area contributed by atoms with Crippen molar-refractivity contribution in [3.8, 4) is 11.5 Å². The third-order valence-electron chi connectivity index (χ3n) is 4.46. The Kier molecular flexibility index (Phi) is 14.1. The monoisotopic (exact) mass is 507 g/mol. The van der Waals surface area contributed by atoms with E-state index in [0.29, 0.717) is 6.54 Å². The Hall–Kier alpha value is -1.22. The number of hydrogen-bond acceptors (Lipinski definition) is 4. The zero-order valence-corrected chi connectivity index (χ0v) is 20.3. The van der Waals surface area contributed by atoms with Crippen molar-refractivity contribution >= 4 is 29.9 Å². The van der Waals surface area contributed by atoms with Crippen LogP contribution in [0.25, 0.3) is 0 Å². The second-order valence-electron chi connectivity index (χ2n) is 6.79. The summed E-state index contributed by atoms with van der Waals surface area (Å²) in [4.78, 5) is 4.61. The number of nitrogens with one attached hydrogen (secondary N) is 2. The molecule has 0 aromatic heterocycles. The van der Waals surface area contributed by atoms with E-state index in [9.17, 15) is 5.11 Å². The number of ether oxygens (including phenoxy) is 2. The maximum Gasteiger partial charge on any atom is 0.191 e. The average molecular weight is 507 g/mol. The van der Waals surface area contributed by atoms with E-state index in [1.165, 1.54) is 0 Å². The van der Waals surface area contributed by atoms with Crippen LogP contribution in [0.4, 0.5) is 0 Å². The summed E-state index contributed by atoms with van der Waals surface area (Å²) >= 11 is 0. The summed E-state index contributed by atoms with van der Waals surface area (Å²) in [7, 11) is 3.28. The number of nitrogens with zero attached hydrogens (tertiary/aromatic N) is 1. The average Bonchev–Trinajstić information content (AvgIpc) is 2.66. The molecule has 3 N–H and O–H groups in total. The van der Waals surface area contributed by atoms with Gasteiger partial charge in [0.1, 0.15) is 0 Å². The maximum absolute atomic E-state index is 10.8. The number of aliphatic imine (C=N–C) groups is 1. The Labute approximate surface area is 187 Å². The lowest BCUT2D eigenvalue weighted by Gasteiger charge is -2.26. The molecule has 0 aliphatic heterocycles. The summed E-state index contributed by atoms with van der Waals surface area (Å²) in [6.45, 7) is 8.16. The van der Waals surface area contributed by atoms with E-state index in [4.69, 9.17) is 9.47 Å². The molecule has 6 nitrogen and oxygen atoms in total. The zero-order chi connectivity index (χ0) is 20.1. The minimum absolute atomic E-state index is 0. The van der Waals surface area contributed by atoms with Crippen LogP contribution < -0.4 is 20.1 Å². The molecule has 0 unspecified atom stereocenters. The van der Waals surface area contributed by atoms with E-state index in [1.54, 1.807) is 14.2 Å². The van der Waals surface area contributed by atoms with Gasteiger partial charge in [-0.2, -0.15) is 0 Å². The molecule has 0 amide bonds. The standard InChI is InChI=1S/C21H37N3O3.HI/c1-6-12-21(25,13-7-2)16-24-20(22-8-3)23-14-11-17-9-10-18(26-4)19(15-17)27-5;/h9-10,15,25H,6-8,11-14,16H2,1-5H3,(H2,22,23,24);1H. The summed E-state index contributed by atoms with van der Waals surface area (Å²) in [5, 5.41) is 17.3. The van der Waals surface area contributed by atoms with Crippen molar-refractivity contribution in [3.63, 3.8) is 0 Å². The smallest absolute Gasteiger partial charge is 0.191 e. The van der Waals surface area contributed by atoms with Crippen LogP contribution in [0.5, 0.6) is 11.5 Å². The molecule has 7 heteroatoms. The number of guanidine groups is 1. The van der Waals surface area contributed by atoms with Gasteiger partial charge in [-0.25, -0.2) is 0 Å². The van der Waals surface area contributed by atoms with Crippen molar-refractivity contribution in [1.82, 2.24) is 10.6 Å². The SMILES string of the molecule is CCCC(O)(CCC)CN=C(NCC)NCCc1ccc(OC)c(OC)c1.I. The highest BCUT2D eigenvalue weighted by Gasteiger charge is 2.24. The van der Waals surface area contributed by atoms with Crippen molar-refractivity contribution in [2.45, 2.75) is 58.5 Å². The summed E-state index contributed by atoms with van der Waals surface area (Å²) in [5.74, 6) is 2.21. The molecule has 0 saturated heterocycles. The number of benzene rings is 1. The van der Waals surface area contributed by atoms with Crippen molar-refractivity contribution in [2.24, 2.45) is 4.99 Å². The van der Waals surface area contributed by atoms with Crippen molar-refractivity contribution < 1.29 is 14.6 Å². The number of halogens is 1. The van der Waals surface area contributed by atoms with E-state index < -0.39 is 5.60 Å². The molecule has 1 aromatic rings. The van der Waals surface area contributed by atoms with Gasteiger partial charge in [0.25, 0.3) is 0 Å².